The van der Waals surface area contributed by atoms with Crippen molar-refractivity contribution in [1.29, 1.82) is 0 Å². The second-order valence-corrected chi connectivity index (χ2v) is 3.35. The van der Waals surface area contributed by atoms with Crippen LogP contribution in [0.25, 0.3) is 0 Å². The molecule has 1 unspecified atom stereocenters. The van der Waals surface area contributed by atoms with Crippen LogP contribution in [0.1, 0.15) is 6.92 Å². The number of carboxylic acids is 1. The summed E-state index contributed by atoms with van der Waals surface area (Å²) in [7, 11) is 1.53. The molecule has 5 nitrogen and oxygen atoms in total. The monoisotopic (exact) mass is 207 g/mol. The highest BCUT2D eigenvalue weighted by molar-refractivity contribution is 7.99. The van der Waals surface area contributed by atoms with Gasteiger partial charge in [0.25, 0.3) is 0 Å². The molecule has 0 heterocycles. The van der Waals surface area contributed by atoms with E-state index < -0.39 is 12.0 Å². The number of hydrogen-bond donors (Lipinski definition) is 2. The molecule has 0 aromatic heterocycles. The third kappa shape index (κ3) is 6.41. The summed E-state index contributed by atoms with van der Waals surface area (Å²) in [4.78, 5) is 21.1. The van der Waals surface area contributed by atoms with Crippen LogP contribution in [0, 0.1) is 0 Å². The van der Waals surface area contributed by atoms with E-state index in [-0.39, 0.29) is 5.91 Å². The summed E-state index contributed by atoms with van der Waals surface area (Å²) in [6, 6.07) is -0.836. The Hall–Kier alpha value is -0.750. The first kappa shape index (κ1) is 12.2. The first-order valence-electron chi connectivity index (χ1n) is 3.64. The molecule has 6 heteroatoms. The zero-order chi connectivity index (χ0) is 10.3. The molecule has 0 aromatic carbocycles. The van der Waals surface area contributed by atoms with Crippen LogP contribution in [0.15, 0.2) is 0 Å². The first-order valence-corrected chi connectivity index (χ1v) is 4.80. The molecular weight excluding hydrogens is 194 g/mol. The maximum atomic E-state index is 10.6. The summed E-state index contributed by atoms with van der Waals surface area (Å²) in [6.07, 6.45) is 0. The van der Waals surface area contributed by atoms with Gasteiger partial charge in [0.1, 0.15) is 6.04 Å². The largest absolute Gasteiger partial charge is 0.480 e. The number of nitrogens with one attached hydrogen (secondary N) is 1. The fourth-order valence-electron chi connectivity index (χ4n) is 0.669. The Morgan fingerprint density at radius 1 is 1.62 bits per heavy atom. The Balaban J connectivity index is 3.81. The molecule has 0 aromatic rings. The van der Waals surface area contributed by atoms with Crippen LogP contribution in [-0.4, -0.2) is 41.8 Å². The predicted molar refractivity (Wildman–Crippen MR) is 49.6 cm³/mol. The molecule has 0 spiro atoms. The van der Waals surface area contributed by atoms with E-state index in [2.05, 4.69) is 5.32 Å². The van der Waals surface area contributed by atoms with Crippen molar-refractivity contribution in [2.24, 2.45) is 0 Å². The highest BCUT2D eigenvalue weighted by Gasteiger charge is 2.17. The Morgan fingerprint density at radius 2 is 2.23 bits per heavy atom. The molecule has 0 fully saturated rings. The molecule has 0 saturated carbocycles. The SMILES string of the molecule is COCSCC(NC(C)=O)C(=O)O. The number of hydrogen-bond acceptors (Lipinski definition) is 4. The van der Waals surface area contributed by atoms with Crippen LogP contribution in [0.5, 0.6) is 0 Å². The molecule has 1 amide bonds. The number of carbonyl (C=O) groups is 2. The van der Waals surface area contributed by atoms with Gasteiger partial charge in [0.15, 0.2) is 0 Å². The van der Waals surface area contributed by atoms with Gasteiger partial charge >= 0.3 is 5.97 Å². The lowest BCUT2D eigenvalue weighted by Gasteiger charge is -2.11. The molecule has 0 bridgehead atoms. The number of carbonyl (C=O) groups excluding carboxylic acids is 1. The third-order valence-electron chi connectivity index (χ3n) is 1.16. The average molecular weight is 207 g/mol. The summed E-state index contributed by atoms with van der Waals surface area (Å²) in [6.45, 7) is 1.29. The Labute approximate surface area is 80.8 Å². The molecule has 1 atom stereocenters. The number of ether oxygens (including phenoxy) is 1. The van der Waals surface area contributed by atoms with E-state index in [0.717, 1.165) is 0 Å². The van der Waals surface area contributed by atoms with Crippen LogP contribution in [0.3, 0.4) is 0 Å². The van der Waals surface area contributed by atoms with Crippen molar-refractivity contribution in [1.82, 2.24) is 5.32 Å². The van der Waals surface area contributed by atoms with Gasteiger partial charge in [0.2, 0.25) is 5.91 Å². The maximum Gasteiger partial charge on any atom is 0.327 e. The normalized spacial score (nSPS) is 12.2. The van der Waals surface area contributed by atoms with Gasteiger partial charge in [-0.1, -0.05) is 0 Å². The molecule has 13 heavy (non-hydrogen) atoms. The second kappa shape index (κ2) is 6.73. The Morgan fingerprint density at radius 3 is 2.62 bits per heavy atom. The fraction of sp³-hybridized carbons (Fsp3) is 0.714. The quantitative estimate of drug-likeness (QED) is 0.470. The molecule has 0 saturated heterocycles. The summed E-state index contributed by atoms with van der Waals surface area (Å²) in [5, 5.41) is 11.0. The summed E-state index contributed by atoms with van der Waals surface area (Å²) in [5.74, 6) is -0.643. The summed E-state index contributed by atoms with van der Waals surface area (Å²) < 4.78 is 4.73. The van der Waals surface area contributed by atoms with E-state index in [1.807, 2.05) is 0 Å². The maximum absolute atomic E-state index is 10.6. The minimum absolute atomic E-state index is 0.308. The molecule has 76 valence electrons. The van der Waals surface area contributed by atoms with E-state index in [4.69, 9.17) is 9.84 Å². The molecule has 0 aliphatic rings. The van der Waals surface area contributed by atoms with Crippen LogP contribution in [0.4, 0.5) is 0 Å². The molecule has 0 aliphatic heterocycles. The van der Waals surface area contributed by atoms with E-state index in [1.165, 1.54) is 25.8 Å². The topological polar surface area (TPSA) is 75.6 Å². The van der Waals surface area contributed by atoms with Gasteiger partial charge in [0, 0.05) is 19.8 Å². The van der Waals surface area contributed by atoms with E-state index >= 15 is 0 Å². The van der Waals surface area contributed by atoms with Crippen LogP contribution < -0.4 is 5.32 Å². The van der Waals surface area contributed by atoms with Crippen LogP contribution >= 0.6 is 11.8 Å². The van der Waals surface area contributed by atoms with Gasteiger partial charge in [-0.15, -0.1) is 11.8 Å². The van der Waals surface area contributed by atoms with Crippen molar-refractivity contribution < 1.29 is 19.4 Å². The number of thioether (sulfide) groups is 1. The lowest BCUT2D eigenvalue weighted by atomic mass is 10.3. The zero-order valence-corrected chi connectivity index (χ0v) is 8.39. The van der Waals surface area contributed by atoms with Crippen molar-refractivity contribution in [3.8, 4) is 0 Å². The van der Waals surface area contributed by atoms with E-state index in [1.54, 1.807) is 0 Å². The second-order valence-electron chi connectivity index (χ2n) is 2.37. The van der Waals surface area contributed by atoms with Gasteiger partial charge in [-0.2, -0.15) is 0 Å². The lowest BCUT2D eigenvalue weighted by molar-refractivity contribution is -0.140. The first-order chi connectivity index (χ1) is 6.07. The summed E-state index contributed by atoms with van der Waals surface area (Å²) >= 11 is 1.31. The van der Waals surface area contributed by atoms with E-state index in [9.17, 15) is 9.59 Å². The number of aliphatic carboxylic acids is 1. The van der Waals surface area contributed by atoms with Crippen molar-refractivity contribution >= 4 is 23.6 Å². The molecule has 0 rings (SSSR count). The Bertz CT molecular complexity index is 185. The van der Waals surface area contributed by atoms with Crippen LogP contribution in [0.2, 0.25) is 0 Å². The molecule has 2 N–H and O–H groups in total. The number of amides is 1. The van der Waals surface area contributed by atoms with Crippen molar-refractivity contribution in [2.45, 2.75) is 13.0 Å². The average Bonchev–Trinajstić information content (AvgIpc) is 2.02. The van der Waals surface area contributed by atoms with Gasteiger partial charge in [-0.3, -0.25) is 4.79 Å². The smallest absolute Gasteiger partial charge is 0.327 e. The van der Waals surface area contributed by atoms with Gasteiger partial charge in [-0.05, 0) is 0 Å². The molecule has 0 aliphatic carbocycles. The van der Waals surface area contributed by atoms with Crippen molar-refractivity contribution in [2.75, 3.05) is 18.8 Å². The molecular formula is C7H13NO4S. The third-order valence-corrected chi connectivity index (χ3v) is 2.13. The zero-order valence-electron chi connectivity index (χ0n) is 7.57. The number of carboxylic acid groups (broad SMARTS) is 1. The van der Waals surface area contributed by atoms with Gasteiger partial charge < -0.3 is 15.2 Å². The van der Waals surface area contributed by atoms with Crippen LogP contribution in [-0.2, 0) is 14.3 Å². The minimum atomic E-state index is -1.03. The number of methoxy groups -OCH3 is 1. The van der Waals surface area contributed by atoms with Gasteiger partial charge in [-0.25, -0.2) is 4.79 Å². The minimum Gasteiger partial charge on any atom is -0.480 e. The number of rotatable bonds is 6. The highest BCUT2D eigenvalue weighted by Crippen LogP contribution is 2.02. The molecule has 0 radical (unpaired) electrons. The van der Waals surface area contributed by atoms with E-state index in [0.29, 0.717) is 11.7 Å². The Kier molecular flexibility index (Phi) is 6.34. The lowest BCUT2D eigenvalue weighted by Crippen LogP contribution is -2.41. The standard InChI is InChI=1S/C7H13NO4S/c1-5(9)8-6(7(10)11)3-13-4-12-2/h6H,3-4H2,1-2H3,(H,8,9)(H,10,11). The predicted octanol–water partition coefficient (Wildman–Crippen LogP) is -0.0872. The van der Waals surface area contributed by atoms with Crippen molar-refractivity contribution in [3.63, 3.8) is 0 Å². The van der Waals surface area contributed by atoms with Crippen molar-refractivity contribution in [3.05, 3.63) is 0 Å². The fourth-order valence-corrected chi connectivity index (χ4v) is 1.39. The summed E-state index contributed by atoms with van der Waals surface area (Å²) in [5.41, 5.74) is 0. The highest BCUT2D eigenvalue weighted by atomic mass is 32.2. The van der Waals surface area contributed by atoms with Gasteiger partial charge in [0.05, 0.1) is 5.94 Å².